The van der Waals surface area contributed by atoms with Crippen molar-refractivity contribution in [1.29, 1.82) is 0 Å². The Balaban J connectivity index is 2.37. The van der Waals surface area contributed by atoms with E-state index in [-0.39, 0.29) is 5.91 Å². The van der Waals surface area contributed by atoms with Crippen LogP contribution in [0.15, 0.2) is 0 Å². The zero-order valence-corrected chi connectivity index (χ0v) is 4.37. The quantitative estimate of drug-likeness (QED) is 0.322. The van der Waals surface area contributed by atoms with Gasteiger partial charge < -0.3 is 10.0 Å². The molecule has 1 heterocycles. The van der Waals surface area contributed by atoms with Gasteiger partial charge in [-0.1, -0.05) is 0 Å². The number of nitrogens with zero attached hydrogens (tertiary/aromatic N) is 1. The lowest BCUT2D eigenvalue weighted by Gasteiger charge is -2.32. The first-order valence-electron chi connectivity index (χ1n) is 2.45. The molecule has 4 nitrogen and oxygen atoms in total. The molecule has 1 fully saturated rings. The number of amides is 1. The van der Waals surface area contributed by atoms with E-state index in [2.05, 4.69) is 0 Å². The fourth-order valence-electron chi connectivity index (χ4n) is 0.612. The summed E-state index contributed by atoms with van der Waals surface area (Å²) in [5, 5.41) is 8.53. The number of carbonyl (C=O) groups is 1. The van der Waals surface area contributed by atoms with Gasteiger partial charge in [-0.2, -0.15) is 0 Å². The Morgan fingerprint density at radius 2 is 2.50 bits per heavy atom. The molecule has 0 aliphatic carbocycles. The SMILES string of the molecule is NC(O)N1CCC1=O. The average molecular weight is 116 g/mol. The number of aliphatic hydroxyl groups is 1. The maximum Gasteiger partial charge on any atom is 0.227 e. The van der Waals surface area contributed by atoms with Gasteiger partial charge in [0.05, 0.1) is 0 Å². The first kappa shape index (κ1) is 5.53. The Labute approximate surface area is 46.9 Å². The molecule has 1 amide bonds. The van der Waals surface area contributed by atoms with Crippen LogP contribution in [0.2, 0.25) is 0 Å². The second-order valence-electron chi connectivity index (χ2n) is 1.75. The molecule has 0 saturated carbocycles. The monoisotopic (exact) mass is 116 g/mol. The summed E-state index contributed by atoms with van der Waals surface area (Å²) in [4.78, 5) is 11.6. The van der Waals surface area contributed by atoms with Gasteiger partial charge in [0.1, 0.15) is 0 Å². The van der Waals surface area contributed by atoms with Gasteiger partial charge in [0.15, 0.2) is 6.35 Å². The Bertz CT molecular complexity index is 113. The maximum atomic E-state index is 10.4. The minimum Gasteiger partial charge on any atom is -0.361 e. The van der Waals surface area contributed by atoms with Crippen LogP contribution in [0.3, 0.4) is 0 Å². The topological polar surface area (TPSA) is 66.6 Å². The highest BCUT2D eigenvalue weighted by molar-refractivity contribution is 5.81. The number of likely N-dealkylation sites (tertiary alicyclic amines) is 1. The lowest BCUT2D eigenvalue weighted by molar-refractivity contribution is -0.152. The van der Waals surface area contributed by atoms with Crippen LogP contribution < -0.4 is 5.73 Å². The lowest BCUT2D eigenvalue weighted by atomic mass is 10.2. The van der Waals surface area contributed by atoms with Crippen LogP contribution in [0, 0.1) is 0 Å². The molecule has 0 aromatic rings. The van der Waals surface area contributed by atoms with Crippen molar-refractivity contribution in [2.24, 2.45) is 5.73 Å². The number of rotatable bonds is 1. The molecule has 1 atom stereocenters. The van der Waals surface area contributed by atoms with Crippen molar-refractivity contribution in [1.82, 2.24) is 4.90 Å². The normalized spacial score (nSPS) is 22.8. The summed E-state index contributed by atoms with van der Waals surface area (Å²) < 4.78 is 0. The molecule has 1 aliphatic heterocycles. The molecule has 1 saturated heterocycles. The van der Waals surface area contributed by atoms with Crippen LogP contribution in [0.1, 0.15) is 6.42 Å². The first-order chi connectivity index (χ1) is 3.72. The third kappa shape index (κ3) is 0.677. The Hall–Kier alpha value is -0.610. The summed E-state index contributed by atoms with van der Waals surface area (Å²) in [6.45, 7) is 0.594. The molecular formula is C4H8N2O2. The van der Waals surface area contributed by atoms with E-state index in [0.29, 0.717) is 13.0 Å². The van der Waals surface area contributed by atoms with Crippen molar-refractivity contribution in [3.8, 4) is 0 Å². The highest BCUT2D eigenvalue weighted by atomic mass is 16.3. The summed E-state index contributed by atoms with van der Waals surface area (Å²) in [5.74, 6) is -0.0694. The number of aliphatic hydroxyl groups excluding tert-OH is 1. The third-order valence-electron chi connectivity index (χ3n) is 1.21. The minimum absolute atomic E-state index is 0.0694. The van der Waals surface area contributed by atoms with E-state index in [9.17, 15) is 4.79 Å². The number of hydrogen-bond donors (Lipinski definition) is 2. The Kier molecular flexibility index (Phi) is 1.19. The number of β-lactam (4-membered cyclic amide) rings is 1. The van der Waals surface area contributed by atoms with Crippen LogP contribution in [0.25, 0.3) is 0 Å². The van der Waals surface area contributed by atoms with E-state index in [1.165, 1.54) is 4.90 Å². The smallest absolute Gasteiger partial charge is 0.227 e. The van der Waals surface area contributed by atoms with Crippen molar-refractivity contribution < 1.29 is 9.90 Å². The predicted octanol–water partition coefficient (Wildman–Crippen LogP) is -1.55. The summed E-state index contributed by atoms with van der Waals surface area (Å²) in [5.41, 5.74) is 4.95. The summed E-state index contributed by atoms with van der Waals surface area (Å²) in [7, 11) is 0. The van der Waals surface area contributed by atoms with Gasteiger partial charge in [-0.05, 0) is 0 Å². The molecule has 46 valence electrons. The molecule has 0 aromatic heterocycles. The van der Waals surface area contributed by atoms with Crippen LogP contribution >= 0.6 is 0 Å². The van der Waals surface area contributed by atoms with Crippen molar-refractivity contribution in [2.45, 2.75) is 12.8 Å². The molecule has 4 heteroatoms. The van der Waals surface area contributed by atoms with Crippen LogP contribution in [0.5, 0.6) is 0 Å². The third-order valence-corrected chi connectivity index (χ3v) is 1.21. The van der Waals surface area contributed by atoms with Crippen LogP contribution in [0.4, 0.5) is 0 Å². The van der Waals surface area contributed by atoms with E-state index in [1.807, 2.05) is 0 Å². The van der Waals surface area contributed by atoms with Gasteiger partial charge >= 0.3 is 0 Å². The highest BCUT2D eigenvalue weighted by Gasteiger charge is 2.26. The van der Waals surface area contributed by atoms with Gasteiger partial charge in [-0.3, -0.25) is 10.5 Å². The summed E-state index contributed by atoms with van der Waals surface area (Å²) >= 11 is 0. The van der Waals surface area contributed by atoms with Crippen molar-refractivity contribution in [2.75, 3.05) is 6.54 Å². The summed E-state index contributed by atoms with van der Waals surface area (Å²) in [6.07, 6.45) is -0.565. The second-order valence-corrected chi connectivity index (χ2v) is 1.75. The molecule has 0 bridgehead atoms. The van der Waals surface area contributed by atoms with Gasteiger partial charge in [-0.15, -0.1) is 0 Å². The molecule has 0 radical (unpaired) electrons. The maximum absolute atomic E-state index is 10.4. The molecule has 1 unspecified atom stereocenters. The van der Waals surface area contributed by atoms with Crippen LogP contribution in [-0.4, -0.2) is 28.8 Å². The Morgan fingerprint density at radius 3 is 2.50 bits per heavy atom. The van der Waals surface area contributed by atoms with Crippen LogP contribution in [-0.2, 0) is 4.79 Å². The first-order valence-corrected chi connectivity index (χ1v) is 2.45. The molecule has 8 heavy (non-hydrogen) atoms. The van der Waals surface area contributed by atoms with Crippen molar-refractivity contribution >= 4 is 5.91 Å². The van der Waals surface area contributed by atoms with Gasteiger partial charge in [0, 0.05) is 13.0 Å². The number of nitrogens with two attached hydrogens (primary N) is 1. The fraction of sp³-hybridized carbons (Fsp3) is 0.750. The molecular weight excluding hydrogens is 108 g/mol. The molecule has 3 N–H and O–H groups in total. The standard InChI is InChI=1S/C4H8N2O2/c5-4(8)6-2-1-3(6)7/h4,8H,1-2,5H2. The molecule has 0 spiro atoms. The summed E-state index contributed by atoms with van der Waals surface area (Å²) in [6, 6.07) is 0. The van der Waals surface area contributed by atoms with Crippen molar-refractivity contribution in [3.63, 3.8) is 0 Å². The Morgan fingerprint density at radius 1 is 1.88 bits per heavy atom. The highest BCUT2D eigenvalue weighted by Crippen LogP contribution is 2.07. The number of carbonyl (C=O) groups excluding carboxylic acids is 1. The van der Waals surface area contributed by atoms with E-state index < -0.39 is 6.35 Å². The van der Waals surface area contributed by atoms with Gasteiger partial charge in [0.25, 0.3) is 0 Å². The fourth-order valence-corrected chi connectivity index (χ4v) is 0.612. The minimum atomic E-state index is -1.09. The molecule has 1 rings (SSSR count). The zero-order chi connectivity index (χ0) is 6.15. The van der Waals surface area contributed by atoms with E-state index in [1.54, 1.807) is 0 Å². The van der Waals surface area contributed by atoms with E-state index in [4.69, 9.17) is 10.8 Å². The average Bonchev–Trinajstić information content (AvgIpc) is 1.61. The zero-order valence-electron chi connectivity index (χ0n) is 4.37. The largest absolute Gasteiger partial charge is 0.361 e. The van der Waals surface area contributed by atoms with E-state index in [0.717, 1.165) is 0 Å². The molecule has 0 aromatic carbocycles. The lowest BCUT2D eigenvalue weighted by Crippen LogP contribution is -2.53. The van der Waals surface area contributed by atoms with Gasteiger partial charge in [-0.25, -0.2) is 0 Å². The number of hydrogen-bond acceptors (Lipinski definition) is 3. The second kappa shape index (κ2) is 1.72. The van der Waals surface area contributed by atoms with Crippen molar-refractivity contribution in [3.05, 3.63) is 0 Å². The molecule has 1 aliphatic rings. The van der Waals surface area contributed by atoms with Gasteiger partial charge in [0.2, 0.25) is 5.91 Å². The van der Waals surface area contributed by atoms with E-state index >= 15 is 0 Å². The predicted molar refractivity (Wildman–Crippen MR) is 26.5 cm³/mol.